The Hall–Kier alpha value is -0.800. The van der Waals surface area contributed by atoms with Crippen LogP contribution in [-0.4, -0.2) is 23.5 Å². The van der Waals surface area contributed by atoms with Gasteiger partial charge >= 0.3 is 0 Å². The second-order valence-corrected chi connectivity index (χ2v) is 4.38. The maximum atomic E-state index is 6.12. The predicted molar refractivity (Wildman–Crippen MR) is 53.8 cm³/mol. The Bertz CT molecular complexity index is 305. The molecule has 2 atom stereocenters. The van der Waals surface area contributed by atoms with E-state index in [1.54, 1.807) is 6.26 Å². The van der Waals surface area contributed by atoms with E-state index in [1.807, 2.05) is 12.1 Å². The number of furan rings is 1. The van der Waals surface area contributed by atoms with Crippen molar-refractivity contribution in [1.29, 1.82) is 0 Å². The Kier molecular flexibility index (Phi) is 1.89. The summed E-state index contributed by atoms with van der Waals surface area (Å²) in [5.41, 5.74) is 6.12. The standard InChI is InChI=1S/C11H16N2O/c12-9-5-6-13(8-3-4-8)11(9)10-2-1-7-14-10/h1-2,7-9,11H,3-6,12H2. The zero-order valence-corrected chi connectivity index (χ0v) is 8.23. The fourth-order valence-corrected chi connectivity index (χ4v) is 2.49. The molecule has 1 aromatic heterocycles. The van der Waals surface area contributed by atoms with Gasteiger partial charge in [0.15, 0.2) is 0 Å². The van der Waals surface area contributed by atoms with E-state index in [2.05, 4.69) is 4.90 Å². The van der Waals surface area contributed by atoms with Gasteiger partial charge in [0.05, 0.1) is 12.3 Å². The first-order chi connectivity index (χ1) is 6.86. The van der Waals surface area contributed by atoms with Crippen molar-refractivity contribution in [3.05, 3.63) is 24.2 Å². The van der Waals surface area contributed by atoms with Crippen LogP contribution in [0.4, 0.5) is 0 Å². The van der Waals surface area contributed by atoms with Crippen molar-refractivity contribution in [3.63, 3.8) is 0 Å². The van der Waals surface area contributed by atoms with Crippen LogP contribution in [-0.2, 0) is 0 Å². The van der Waals surface area contributed by atoms with Crippen LogP contribution < -0.4 is 5.73 Å². The van der Waals surface area contributed by atoms with E-state index in [-0.39, 0.29) is 6.04 Å². The van der Waals surface area contributed by atoms with E-state index in [0.29, 0.717) is 6.04 Å². The number of nitrogens with zero attached hydrogens (tertiary/aromatic N) is 1. The highest BCUT2D eigenvalue weighted by molar-refractivity contribution is 5.12. The Labute approximate surface area is 83.9 Å². The van der Waals surface area contributed by atoms with Crippen LogP contribution in [0.1, 0.15) is 31.1 Å². The molecule has 1 saturated carbocycles. The van der Waals surface area contributed by atoms with Gasteiger partial charge in [0.25, 0.3) is 0 Å². The van der Waals surface area contributed by atoms with Crippen LogP contribution >= 0.6 is 0 Å². The molecule has 3 rings (SSSR count). The SMILES string of the molecule is NC1CCN(C2CC2)C1c1ccco1. The molecule has 2 unspecified atom stereocenters. The van der Waals surface area contributed by atoms with E-state index in [0.717, 1.165) is 24.8 Å². The van der Waals surface area contributed by atoms with Gasteiger partial charge in [-0.1, -0.05) is 0 Å². The lowest BCUT2D eigenvalue weighted by atomic mass is 10.1. The van der Waals surface area contributed by atoms with Gasteiger partial charge in [0, 0.05) is 18.6 Å². The van der Waals surface area contributed by atoms with Crippen molar-refractivity contribution < 1.29 is 4.42 Å². The molecule has 3 nitrogen and oxygen atoms in total. The molecule has 76 valence electrons. The third kappa shape index (κ3) is 1.28. The summed E-state index contributed by atoms with van der Waals surface area (Å²) in [5.74, 6) is 1.04. The minimum Gasteiger partial charge on any atom is -0.468 e. The number of hydrogen-bond acceptors (Lipinski definition) is 3. The number of hydrogen-bond donors (Lipinski definition) is 1. The lowest BCUT2D eigenvalue weighted by molar-refractivity contribution is 0.210. The monoisotopic (exact) mass is 192 g/mol. The van der Waals surface area contributed by atoms with E-state index in [1.165, 1.54) is 12.8 Å². The third-order valence-corrected chi connectivity index (χ3v) is 3.33. The molecule has 2 heterocycles. The number of rotatable bonds is 2. The molecule has 0 amide bonds. The summed E-state index contributed by atoms with van der Waals surface area (Å²) in [5, 5.41) is 0. The quantitative estimate of drug-likeness (QED) is 0.772. The number of nitrogens with two attached hydrogens (primary N) is 1. The van der Waals surface area contributed by atoms with Gasteiger partial charge in [-0.2, -0.15) is 0 Å². The molecule has 0 bridgehead atoms. The second-order valence-electron chi connectivity index (χ2n) is 4.38. The van der Waals surface area contributed by atoms with Crippen molar-refractivity contribution in [1.82, 2.24) is 4.90 Å². The van der Waals surface area contributed by atoms with Gasteiger partial charge in [-0.25, -0.2) is 0 Å². The molecule has 14 heavy (non-hydrogen) atoms. The van der Waals surface area contributed by atoms with Crippen molar-refractivity contribution in [2.75, 3.05) is 6.54 Å². The van der Waals surface area contributed by atoms with Gasteiger partial charge in [-0.05, 0) is 31.4 Å². The van der Waals surface area contributed by atoms with Crippen LogP contribution in [0.2, 0.25) is 0 Å². The van der Waals surface area contributed by atoms with Crippen LogP contribution in [0.25, 0.3) is 0 Å². The Morgan fingerprint density at radius 2 is 2.21 bits per heavy atom. The summed E-state index contributed by atoms with van der Waals surface area (Å²) in [6.45, 7) is 1.14. The maximum Gasteiger partial charge on any atom is 0.122 e. The molecule has 1 aliphatic carbocycles. The van der Waals surface area contributed by atoms with Crippen molar-refractivity contribution in [2.45, 2.75) is 37.4 Å². The van der Waals surface area contributed by atoms with Gasteiger partial charge in [-0.15, -0.1) is 0 Å². The summed E-state index contributed by atoms with van der Waals surface area (Å²) < 4.78 is 5.47. The Morgan fingerprint density at radius 3 is 2.86 bits per heavy atom. The lowest BCUT2D eigenvalue weighted by Crippen LogP contribution is -2.32. The average molecular weight is 192 g/mol. The van der Waals surface area contributed by atoms with E-state index >= 15 is 0 Å². The highest BCUT2D eigenvalue weighted by Gasteiger charge is 2.42. The summed E-state index contributed by atoms with van der Waals surface area (Å²) >= 11 is 0. The molecule has 0 aromatic carbocycles. The smallest absolute Gasteiger partial charge is 0.122 e. The van der Waals surface area contributed by atoms with Gasteiger partial charge in [0.2, 0.25) is 0 Å². The minimum atomic E-state index is 0.252. The molecular weight excluding hydrogens is 176 g/mol. The van der Waals surface area contributed by atoms with Crippen LogP contribution in [0.15, 0.2) is 22.8 Å². The summed E-state index contributed by atoms with van der Waals surface area (Å²) in [6, 6.07) is 5.36. The first-order valence-corrected chi connectivity index (χ1v) is 5.41. The molecular formula is C11H16N2O. The molecule has 0 radical (unpaired) electrons. The van der Waals surface area contributed by atoms with Crippen molar-refractivity contribution >= 4 is 0 Å². The summed E-state index contributed by atoms with van der Waals surface area (Å²) in [4.78, 5) is 2.52. The summed E-state index contributed by atoms with van der Waals surface area (Å²) in [7, 11) is 0. The average Bonchev–Trinajstić information content (AvgIpc) is 2.75. The number of likely N-dealkylation sites (tertiary alicyclic amines) is 1. The highest BCUT2D eigenvalue weighted by atomic mass is 16.3. The van der Waals surface area contributed by atoms with Gasteiger partial charge in [0.1, 0.15) is 5.76 Å². The molecule has 3 heteroatoms. The first kappa shape index (κ1) is 8.50. The van der Waals surface area contributed by atoms with E-state index in [9.17, 15) is 0 Å². The topological polar surface area (TPSA) is 42.4 Å². The largest absolute Gasteiger partial charge is 0.468 e. The molecule has 0 spiro atoms. The van der Waals surface area contributed by atoms with Gasteiger partial charge < -0.3 is 10.2 Å². The van der Waals surface area contributed by atoms with E-state index < -0.39 is 0 Å². The zero-order valence-electron chi connectivity index (χ0n) is 8.23. The van der Waals surface area contributed by atoms with Crippen LogP contribution in [0, 0.1) is 0 Å². The fraction of sp³-hybridized carbons (Fsp3) is 0.636. The molecule has 2 fully saturated rings. The van der Waals surface area contributed by atoms with E-state index in [4.69, 9.17) is 10.2 Å². The zero-order chi connectivity index (χ0) is 9.54. The van der Waals surface area contributed by atoms with Gasteiger partial charge in [-0.3, -0.25) is 4.90 Å². The fourth-order valence-electron chi connectivity index (χ4n) is 2.49. The molecule has 2 N–H and O–H groups in total. The molecule has 1 saturated heterocycles. The Morgan fingerprint density at radius 1 is 1.36 bits per heavy atom. The van der Waals surface area contributed by atoms with Crippen LogP contribution in [0.3, 0.4) is 0 Å². The molecule has 1 aliphatic heterocycles. The summed E-state index contributed by atoms with van der Waals surface area (Å²) in [6.07, 6.45) is 5.52. The molecule has 1 aromatic rings. The third-order valence-electron chi connectivity index (χ3n) is 3.33. The first-order valence-electron chi connectivity index (χ1n) is 5.41. The normalized spacial score (nSPS) is 33.8. The maximum absolute atomic E-state index is 6.12. The van der Waals surface area contributed by atoms with Crippen molar-refractivity contribution in [2.24, 2.45) is 5.73 Å². The van der Waals surface area contributed by atoms with Crippen molar-refractivity contribution in [3.8, 4) is 0 Å². The molecule has 2 aliphatic rings. The second kappa shape index (κ2) is 3.11. The minimum absolute atomic E-state index is 0.252. The predicted octanol–water partition coefficient (Wildman–Crippen LogP) is 1.52. The Balaban J connectivity index is 1.86. The van der Waals surface area contributed by atoms with Crippen LogP contribution in [0.5, 0.6) is 0 Å². The highest BCUT2D eigenvalue weighted by Crippen LogP contribution is 2.40. The lowest BCUT2D eigenvalue weighted by Gasteiger charge is -2.24.